The van der Waals surface area contributed by atoms with E-state index in [0.717, 1.165) is 12.1 Å². The molecule has 0 unspecified atom stereocenters. The van der Waals surface area contributed by atoms with Crippen molar-refractivity contribution in [1.29, 1.82) is 0 Å². The molecule has 1 aliphatic rings. The summed E-state index contributed by atoms with van der Waals surface area (Å²) >= 11 is 0. The highest BCUT2D eigenvalue weighted by atomic mass is 19.4. The Hall–Kier alpha value is -2.98. The van der Waals surface area contributed by atoms with Gasteiger partial charge in [-0.3, -0.25) is 0 Å². The second-order valence-electron chi connectivity index (χ2n) is 7.41. The van der Waals surface area contributed by atoms with Crippen LogP contribution in [-0.4, -0.2) is 64.5 Å². The van der Waals surface area contributed by atoms with E-state index in [1.807, 2.05) is 23.9 Å². The number of β-amino-alcohol motifs (C(OH)–C–C–N with tert-alkyl or cyclic N) is 1. The number of aliphatic hydroxyl groups is 1. The first-order valence-electron chi connectivity index (χ1n) is 9.29. The Balaban J connectivity index is 1.52. The molecular formula is C20H20F3N5O2. The first-order valence-corrected chi connectivity index (χ1v) is 9.29. The minimum atomic E-state index is -4.45. The van der Waals surface area contributed by atoms with E-state index in [4.69, 9.17) is 4.52 Å². The first kappa shape index (κ1) is 20.3. The molecule has 1 fully saturated rings. The molecule has 7 nitrogen and oxygen atoms in total. The Labute approximate surface area is 170 Å². The van der Waals surface area contributed by atoms with E-state index in [2.05, 4.69) is 15.1 Å². The highest BCUT2D eigenvalue weighted by Gasteiger charge is 2.33. The maximum Gasteiger partial charge on any atom is 0.416 e. The molecule has 4 rings (SSSR count). The number of benzene rings is 1. The van der Waals surface area contributed by atoms with Crippen LogP contribution >= 0.6 is 0 Å². The molecule has 1 N–H and O–H groups in total. The monoisotopic (exact) mass is 419 g/mol. The van der Waals surface area contributed by atoms with E-state index in [1.54, 1.807) is 18.3 Å². The van der Waals surface area contributed by atoms with Crippen molar-refractivity contribution in [2.24, 2.45) is 0 Å². The van der Waals surface area contributed by atoms with Gasteiger partial charge >= 0.3 is 6.18 Å². The number of nitrogens with zero attached hydrogens (tertiary/aromatic N) is 5. The van der Waals surface area contributed by atoms with Gasteiger partial charge in [0, 0.05) is 24.8 Å². The Morgan fingerprint density at radius 1 is 1.13 bits per heavy atom. The number of likely N-dealkylation sites (N-methyl/N-ethyl adjacent to an activating group) is 1. The molecule has 1 aliphatic heterocycles. The highest BCUT2D eigenvalue weighted by Crippen LogP contribution is 2.32. The van der Waals surface area contributed by atoms with Gasteiger partial charge in [-0.1, -0.05) is 17.3 Å². The second-order valence-corrected chi connectivity index (χ2v) is 7.41. The van der Waals surface area contributed by atoms with Crippen LogP contribution in [0.25, 0.3) is 22.8 Å². The topological polar surface area (TPSA) is 78.5 Å². The summed E-state index contributed by atoms with van der Waals surface area (Å²) < 4.78 is 44.0. The third-order valence-electron chi connectivity index (χ3n) is 5.12. The highest BCUT2D eigenvalue weighted by molar-refractivity contribution is 5.61. The zero-order chi connectivity index (χ0) is 21.5. The van der Waals surface area contributed by atoms with Crippen molar-refractivity contribution in [3.8, 4) is 22.8 Å². The number of anilines is 1. The molecule has 3 heterocycles. The number of hydrogen-bond acceptors (Lipinski definition) is 7. The van der Waals surface area contributed by atoms with E-state index < -0.39 is 17.8 Å². The van der Waals surface area contributed by atoms with Crippen LogP contribution in [0.3, 0.4) is 0 Å². The van der Waals surface area contributed by atoms with Crippen molar-refractivity contribution in [2.45, 2.75) is 18.3 Å². The molecule has 2 atom stereocenters. The Morgan fingerprint density at radius 3 is 2.57 bits per heavy atom. The predicted octanol–water partition coefficient (Wildman–Crippen LogP) is 2.93. The number of rotatable bonds is 4. The van der Waals surface area contributed by atoms with Crippen molar-refractivity contribution in [1.82, 2.24) is 20.0 Å². The fraction of sp³-hybridized carbons (Fsp3) is 0.350. The lowest BCUT2D eigenvalue weighted by atomic mass is 10.1. The van der Waals surface area contributed by atoms with Gasteiger partial charge in [0.05, 0.1) is 23.3 Å². The molecule has 0 spiro atoms. The Kier molecular flexibility index (Phi) is 5.20. The van der Waals surface area contributed by atoms with E-state index in [1.165, 1.54) is 12.1 Å². The van der Waals surface area contributed by atoms with Gasteiger partial charge in [-0.15, -0.1) is 0 Å². The minimum absolute atomic E-state index is 0.0254. The van der Waals surface area contributed by atoms with Crippen LogP contribution in [0.1, 0.15) is 5.56 Å². The van der Waals surface area contributed by atoms with Crippen molar-refractivity contribution in [3.63, 3.8) is 0 Å². The molecule has 0 saturated carbocycles. The van der Waals surface area contributed by atoms with E-state index in [0.29, 0.717) is 24.5 Å². The van der Waals surface area contributed by atoms with Crippen LogP contribution in [-0.2, 0) is 6.18 Å². The van der Waals surface area contributed by atoms with Gasteiger partial charge in [0.15, 0.2) is 0 Å². The minimum Gasteiger partial charge on any atom is -0.390 e. The summed E-state index contributed by atoms with van der Waals surface area (Å²) in [6.45, 7) is 1.14. The summed E-state index contributed by atoms with van der Waals surface area (Å²) in [6.07, 6.45) is -3.35. The fourth-order valence-electron chi connectivity index (χ4n) is 3.46. The number of aliphatic hydroxyl groups excluding tert-OH is 1. The lowest BCUT2D eigenvalue weighted by Crippen LogP contribution is -2.38. The van der Waals surface area contributed by atoms with Gasteiger partial charge in [0.25, 0.3) is 5.89 Å². The zero-order valence-corrected chi connectivity index (χ0v) is 16.3. The van der Waals surface area contributed by atoms with Gasteiger partial charge in [-0.25, -0.2) is 4.98 Å². The van der Waals surface area contributed by atoms with Crippen LogP contribution in [0.2, 0.25) is 0 Å². The first-order chi connectivity index (χ1) is 14.2. The number of alkyl halides is 3. The molecule has 3 aromatic rings. The van der Waals surface area contributed by atoms with Crippen LogP contribution in [0.15, 0.2) is 47.1 Å². The smallest absolute Gasteiger partial charge is 0.390 e. The summed E-state index contributed by atoms with van der Waals surface area (Å²) in [5.74, 6) is 0.936. The Bertz CT molecular complexity index is 1020. The number of pyridine rings is 1. The van der Waals surface area contributed by atoms with Crippen molar-refractivity contribution >= 4 is 5.82 Å². The number of aromatic nitrogens is 3. The van der Waals surface area contributed by atoms with Crippen LogP contribution in [0.5, 0.6) is 0 Å². The fourth-order valence-corrected chi connectivity index (χ4v) is 3.46. The van der Waals surface area contributed by atoms with Gasteiger partial charge in [-0.2, -0.15) is 18.2 Å². The Morgan fingerprint density at radius 2 is 1.93 bits per heavy atom. The molecule has 30 heavy (non-hydrogen) atoms. The van der Waals surface area contributed by atoms with E-state index in [-0.39, 0.29) is 23.3 Å². The molecule has 1 aromatic carbocycles. The lowest BCUT2D eigenvalue weighted by molar-refractivity contribution is -0.137. The van der Waals surface area contributed by atoms with Crippen molar-refractivity contribution in [3.05, 3.63) is 48.2 Å². The average Bonchev–Trinajstić information content (AvgIpc) is 3.35. The van der Waals surface area contributed by atoms with Crippen LogP contribution in [0.4, 0.5) is 19.0 Å². The van der Waals surface area contributed by atoms with Crippen LogP contribution in [0, 0.1) is 0 Å². The molecule has 1 saturated heterocycles. The summed E-state index contributed by atoms with van der Waals surface area (Å²) in [4.78, 5) is 12.6. The predicted molar refractivity (Wildman–Crippen MR) is 104 cm³/mol. The third-order valence-corrected chi connectivity index (χ3v) is 5.12. The quantitative estimate of drug-likeness (QED) is 0.697. The van der Waals surface area contributed by atoms with E-state index in [9.17, 15) is 18.3 Å². The molecule has 158 valence electrons. The molecule has 0 radical (unpaired) electrons. The summed E-state index contributed by atoms with van der Waals surface area (Å²) in [5, 5.41) is 14.0. The molecule has 2 aromatic heterocycles. The lowest BCUT2D eigenvalue weighted by Gasteiger charge is -2.21. The van der Waals surface area contributed by atoms with Gasteiger partial charge in [0.1, 0.15) is 5.82 Å². The summed E-state index contributed by atoms with van der Waals surface area (Å²) in [7, 11) is 3.84. The molecule has 0 aliphatic carbocycles. The maximum atomic E-state index is 12.9. The maximum absolute atomic E-state index is 12.9. The van der Waals surface area contributed by atoms with Gasteiger partial charge in [-0.05, 0) is 38.4 Å². The number of hydrogen-bond donors (Lipinski definition) is 1. The average molecular weight is 419 g/mol. The second kappa shape index (κ2) is 7.69. The molecule has 10 heteroatoms. The molecule has 0 bridgehead atoms. The van der Waals surface area contributed by atoms with Crippen molar-refractivity contribution in [2.75, 3.05) is 32.1 Å². The van der Waals surface area contributed by atoms with Gasteiger partial charge < -0.3 is 19.4 Å². The zero-order valence-electron chi connectivity index (χ0n) is 16.3. The van der Waals surface area contributed by atoms with Crippen molar-refractivity contribution < 1.29 is 22.8 Å². The standard InChI is InChI=1S/C20H20F3N5O2/c1-27(2)15-10-28(11-16(15)29)17-7-6-13(9-24-17)19-25-18(26-30-19)12-4-3-5-14(8-12)20(21,22)23/h3-9,15-16,29H,10-11H2,1-2H3/t15-,16-/m0/s1. The SMILES string of the molecule is CN(C)[C@H]1CN(c2ccc(-c3nc(-c4cccc(C(F)(F)F)c4)no3)cn2)C[C@@H]1O. The van der Waals surface area contributed by atoms with E-state index >= 15 is 0 Å². The summed E-state index contributed by atoms with van der Waals surface area (Å²) in [6, 6.07) is 8.33. The summed E-state index contributed by atoms with van der Waals surface area (Å²) in [5.41, 5.74) is -0.0141. The molecule has 0 amide bonds. The largest absolute Gasteiger partial charge is 0.416 e. The van der Waals surface area contributed by atoms with Crippen LogP contribution < -0.4 is 4.90 Å². The van der Waals surface area contributed by atoms with Gasteiger partial charge in [0.2, 0.25) is 5.82 Å². The molecular weight excluding hydrogens is 399 g/mol. The number of halogens is 3. The normalized spacial score (nSPS) is 19.6. The third kappa shape index (κ3) is 4.01.